The number of pyridine rings is 1. The number of thiocarbonyl (C=S) groups is 1. The van der Waals surface area contributed by atoms with Crippen molar-refractivity contribution in [3.05, 3.63) is 52.6 Å². The van der Waals surface area contributed by atoms with Crippen LogP contribution in [-0.2, 0) is 16.1 Å². The fourth-order valence-corrected chi connectivity index (χ4v) is 4.75. The van der Waals surface area contributed by atoms with Crippen molar-refractivity contribution in [3.63, 3.8) is 0 Å². The van der Waals surface area contributed by atoms with Crippen LogP contribution in [-0.4, -0.2) is 53.2 Å². The Morgan fingerprint density at radius 2 is 1.97 bits per heavy atom. The van der Waals surface area contributed by atoms with E-state index in [2.05, 4.69) is 9.88 Å². The van der Waals surface area contributed by atoms with Crippen molar-refractivity contribution < 1.29 is 19.0 Å². The molecule has 5 rings (SSSR count). The van der Waals surface area contributed by atoms with Gasteiger partial charge < -0.3 is 19.1 Å². The Labute approximate surface area is 183 Å². The Hall–Kier alpha value is -2.62. The van der Waals surface area contributed by atoms with Crippen molar-refractivity contribution in [2.45, 2.75) is 6.54 Å². The van der Waals surface area contributed by atoms with E-state index in [-0.39, 0.29) is 12.7 Å². The number of hydrogen-bond donors (Lipinski definition) is 0. The highest BCUT2D eigenvalue weighted by molar-refractivity contribution is 8.26. The zero-order chi connectivity index (χ0) is 20.5. The van der Waals surface area contributed by atoms with Crippen molar-refractivity contribution in [2.75, 3.05) is 38.0 Å². The van der Waals surface area contributed by atoms with Crippen molar-refractivity contribution in [1.29, 1.82) is 0 Å². The van der Waals surface area contributed by atoms with Crippen LogP contribution in [0.3, 0.4) is 0 Å². The molecule has 154 valence electrons. The number of amides is 1. The van der Waals surface area contributed by atoms with Gasteiger partial charge in [-0.2, -0.15) is 0 Å². The third-order valence-electron chi connectivity index (χ3n) is 5.05. The van der Waals surface area contributed by atoms with E-state index >= 15 is 0 Å². The number of hydrogen-bond acceptors (Lipinski definition) is 8. The Morgan fingerprint density at radius 1 is 1.13 bits per heavy atom. The molecule has 2 fully saturated rings. The lowest BCUT2D eigenvalue weighted by molar-refractivity contribution is -0.122. The summed E-state index contributed by atoms with van der Waals surface area (Å²) < 4.78 is 16.7. The standard InChI is InChI=1S/C21H19N3O4S2/c25-20-18(10-14-3-4-22-19(11-14)23-5-7-26-8-6-23)30-21(29)24(20)12-15-1-2-16-17(9-15)28-13-27-16/h1-4,9-11H,5-8,12-13H2. The van der Waals surface area contributed by atoms with Crippen LogP contribution in [0, 0.1) is 0 Å². The van der Waals surface area contributed by atoms with Crippen LogP contribution in [0.4, 0.5) is 5.82 Å². The van der Waals surface area contributed by atoms with E-state index in [1.807, 2.05) is 36.4 Å². The number of aromatic nitrogens is 1. The topological polar surface area (TPSA) is 64.1 Å². The normalized spacial score (nSPS) is 19.8. The molecule has 0 aliphatic carbocycles. The molecule has 0 radical (unpaired) electrons. The maximum absolute atomic E-state index is 13.0. The van der Waals surface area contributed by atoms with E-state index in [9.17, 15) is 4.79 Å². The third-order valence-corrected chi connectivity index (χ3v) is 6.43. The molecule has 0 spiro atoms. The molecule has 3 aliphatic heterocycles. The number of carbonyl (C=O) groups is 1. The molecule has 30 heavy (non-hydrogen) atoms. The molecule has 7 nitrogen and oxygen atoms in total. The van der Waals surface area contributed by atoms with Crippen molar-refractivity contribution in [1.82, 2.24) is 9.88 Å². The Balaban J connectivity index is 1.33. The van der Waals surface area contributed by atoms with Gasteiger partial charge in [-0.15, -0.1) is 0 Å². The molecule has 9 heteroatoms. The SMILES string of the molecule is O=C1C(=Cc2ccnc(N3CCOCC3)c2)SC(=S)N1Cc1ccc2c(c1)OCO2. The van der Waals surface area contributed by atoms with Gasteiger partial charge in [-0.1, -0.05) is 30.0 Å². The quantitative estimate of drug-likeness (QED) is 0.530. The molecule has 1 aromatic carbocycles. The van der Waals surface area contributed by atoms with E-state index in [4.69, 9.17) is 26.4 Å². The highest BCUT2D eigenvalue weighted by Crippen LogP contribution is 2.36. The number of ether oxygens (including phenoxy) is 3. The van der Waals surface area contributed by atoms with Crippen molar-refractivity contribution in [2.24, 2.45) is 0 Å². The average Bonchev–Trinajstić information content (AvgIpc) is 3.34. The summed E-state index contributed by atoms with van der Waals surface area (Å²) in [4.78, 5) is 21.9. The summed E-state index contributed by atoms with van der Waals surface area (Å²) in [6.07, 6.45) is 3.65. The fraction of sp³-hybridized carbons (Fsp3) is 0.286. The van der Waals surface area contributed by atoms with Crippen LogP contribution in [0.5, 0.6) is 11.5 Å². The van der Waals surface area contributed by atoms with Gasteiger partial charge in [0.05, 0.1) is 24.7 Å². The van der Waals surface area contributed by atoms with Gasteiger partial charge in [0.2, 0.25) is 6.79 Å². The minimum absolute atomic E-state index is 0.0904. The second-order valence-electron chi connectivity index (χ2n) is 7.00. The number of carbonyl (C=O) groups excluding carboxylic acids is 1. The molecule has 2 aromatic rings. The van der Waals surface area contributed by atoms with Crippen LogP contribution in [0.2, 0.25) is 0 Å². The average molecular weight is 442 g/mol. The largest absolute Gasteiger partial charge is 0.454 e. The molecule has 0 saturated carbocycles. The third kappa shape index (κ3) is 3.88. The first-order valence-corrected chi connectivity index (χ1v) is 10.8. The second-order valence-corrected chi connectivity index (χ2v) is 8.68. The van der Waals surface area contributed by atoms with E-state index in [1.54, 1.807) is 11.1 Å². The molecule has 0 N–H and O–H groups in total. The van der Waals surface area contributed by atoms with Gasteiger partial charge in [-0.25, -0.2) is 4.98 Å². The molecule has 1 aromatic heterocycles. The summed E-state index contributed by atoms with van der Waals surface area (Å²) in [5, 5.41) is 0. The summed E-state index contributed by atoms with van der Waals surface area (Å²) >= 11 is 6.80. The number of nitrogens with zero attached hydrogens (tertiary/aromatic N) is 3. The first-order chi connectivity index (χ1) is 14.7. The molecule has 0 bridgehead atoms. The summed E-state index contributed by atoms with van der Waals surface area (Å²) in [5.41, 5.74) is 1.87. The lowest BCUT2D eigenvalue weighted by atomic mass is 10.2. The van der Waals surface area contributed by atoms with Gasteiger partial charge in [-0.3, -0.25) is 9.69 Å². The zero-order valence-electron chi connectivity index (χ0n) is 16.1. The Bertz CT molecular complexity index is 1040. The maximum atomic E-state index is 13.0. The van der Waals surface area contributed by atoms with Gasteiger partial charge in [0.15, 0.2) is 11.5 Å². The first kappa shape index (κ1) is 19.3. The fourth-order valence-electron chi connectivity index (χ4n) is 3.50. The van der Waals surface area contributed by atoms with Gasteiger partial charge in [0, 0.05) is 19.3 Å². The van der Waals surface area contributed by atoms with Crippen LogP contribution < -0.4 is 14.4 Å². The molecule has 3 aliphatic rings. The molecule has 2 saturated heterocycles. The lowest BCUT2D eigenvalue weighted by Gasteiger charge is -2.27. The number of anilines is 1. The summed E-state index contributed by atoms with van der Waals surface area (Å²) in [6, 6.07) is 9.56. The smallest absolute Gasteiger partial charge is 0.266 e. The van der Waals surface area contributed by atoms with Gasteiger partial charge in [0.25, 0.3) is 5.91 Å². The highest BCUT2D eigenvalue weighted by atomic mass is 32.2. The molecular weight excluding hydrogens is 422 g/mol. The monoisotopic (exact) mass is 441 g/mol. The summed E-state index contributed by atoms with van der Waals surface area (Å²) in [6.45, 7) is 3.64. The van der Waals surface area contributed by atoms with E-state index in [0.29, 0.717) is 34.7 Å². The van der Waals surface area contributed by atoms with Gasteiger partial charge in [-0.05, 0) is 41.5 Å². The highest BCUT2D eigenvalue weighted by Gasteiger charge is 2.32. The second kappa shape index (κ2) is 8.25. The number of benzene rings is 1. The van der Waals surface area contributed by atoms with E-state index in [0.717, 1.165) is 35.8 Å². The molecule has 0 atom stereocenters. The summed E-state index contributed by atoms with van der Waals surface area (Å²) in [5.74, 6) is 2.22. The van der Waals surface area contributed by atoms with E-state index in [1.165, 1.54) is 11.8 Å². The van der Waals surface area contributed by atoms with Gasteiger partial charge in [0.1, 0.15) is 10.1 Å². The van der Waals surface area contributed by atoms with Gasteiger partial charge >= 0.3 is 0 Å². The van der Waals surface area contributed by atoms with Crippen molar-refractivity contribution >= 4 is 46.1 Å². The van der Waals surface area contributed by atoms with E-state index < -0.39 is 0 Å². The molecule has 1 amide bonds. The molecular formula is C21H19N3O4S2. The van der Waals surface area contributed by atoms with Crippen LogP contribution in [0.1, 0.15) is 11.1 Å². The lowest BCUT2D eigenvalue weighted by Crippen LogP contribution is -2.36. The maximum Gasteiger partial charge on any atom is 0.266 e. The van der Waals surface area contributed by atoms with Crippen LogP contribution in [0.15, 0.2) is 41.4 Å². The predicted molar refractivity (Wildman–Crippen MR) is 119 cm³/mol. The zero-order valence-corrected chi connectivity index (χ0v) is 17.7. The molecule has 0 unspecified atom stereocenters. The molecule has 4 heterocycles. The Kier molecular flexibility index (Phi) is 5.32. The summed E-state index contributed by atoms with van der Waals surface area (Å²) in [7, 11) is 0. The predicted octanol–water partition coefficient (Wildman–Crippen LogP) is 3.05. The minimum atomic E-state index is -0.0904. The number of thioether (sulfide) groups is 1. The van der Waals surface area contributed by atoms with Crippen molar-refractivity contribution in [3.8, 4) is 11.5 Å². The number of fused-ring (bicyclic) bond motifs is 1. The Morgan fingerprint density at radius 3 is 2.83 bits per heavy atom. The van der Waals surface area contributed by atoms with Crippen LogP contribution >= 0.6 is 24.0 Å². The number of rotatable bonds is 4. The minimum Gasteiger partial charge on any atom is -0.454 e. The van der Waals surface area contributed by atoms with Crippen LogP contribution in [0.25, 0.3) is 6.08 Å². The number of morpholine rings is 1. The first-order valence-electron chi connectivity index (χ1n) is 9.60.